The molecule has 4 saturated heterocycles. The predicted molar refractivity (Wildman–Crippen MR) is 113 cm³/mol. The molecule has 5 atom stereocenters. The van der Waals surface area contributed by atoms with Gasteiger partial charge in [0.15, 0.2) is 0 Å². The number of hydrogen-bond acceptors (Lipinski definition) is 4. The summed E-state index contributed by atoms with van der Waals surface area (Å²) in [7, 11) is 0. The predicted octanol–water partition coefficient (Wildman–Crippen LogP) is 2.85. The SMILES string of the molecule is CC1CN(CC2CCCN2C(=O)CC2CC3CCC(C2)N3)CC(C)O1.Cl.Cl. The fourth-order valence-electron chi connectivity index (χ4n) is 5.79. The van der Waals surface area contributed by atoms with Gasteiger partial charge in [-0.05, 0) is 58.3 Å². The topological polar surface area (TPSA) is 44.8 Å². The van der Waals surface area contributed by atoms with Crippen molar-refractivity contribution in [1.82, 2.24) is 15.1 Å². The Morgan fingerprint density at radius 2 is 1.67 bits per heavy atom. The Labute approximate surface area is 176 Å². The zero-order valence-electron chi connectivity index (χ0n) is 16.8. The average molecular weight is 422 g/mol. The van der Waals surface area contributed by atoms with E-state index >= 15 is 0 Å². The minimum Gasteiger partial charge on any atom is -0.373 e. The first kappa shape index (κ1) is 23.2. The van der Waals surface area contributed by atoms with Gasteiger partial charge in [0.1, 0.15) is 0 Å². The first-order valence-corrected chi connectivity index (χ1v) is 10.5. The van der Waals surface area contributed by atoms with Crippen molar-refractivity contribution in [3.63, 3.8) is 0 Å². The van der Waals surface area contributed by atoms with Gasteiger partial charge in [0, 0.05) is 50.7 Å². The van der Waals surface area contributed by atoms with E-state index in [1.54, 1.807) is 0 Å². The summed E-state index contributed by atoms with van der Waals surface area (Å²) in [5.74, 6) is 1.03. The number of morpholine rings is 1. The lowest BCUT2D eigenvalue weighted by atomic mass is 9.89. The van der Waals surface area contributed by atoms with E-state index in [1.807, 2.05) is 0 Å². The van der Waals surface area contributed by atoms with Crippen molar-refractivity contribution in [1.29, 1.82) is 0 Å². The van der Waals surface area contributed by atoms with Gasteiger partial charge in [-0.25, -0.2) is 0 Å². The van der Waals surface area contributed by atoms with Crippen molar-refractivity contribution in [3.05, 3.63) is 0 Å². The van der Waals surface area contributed by atoms with E-state index in [9.17, 15) is 4.79 Å². The van der Waals surface area contributed by atoms with E-state index in [4.69, 9.17) is 4.74 Å². The summed E-state index contributed by atoms with van der Waals surface area (Å²) in [5, 5.41) is 3.69. The molecule has 4 rings (SSSR count). The molecular formula is C20H37Cl2N3O2. The average Bonchev–Trinajstić information content (AvgIpc) is 3.13. The van der Waals surface area contributed by atoms with E-state index in [1.165, 1.54) is 38.5 Å². The number of amides is 1. The molecule has 1 amide bonds. The zero-order valence-corrected chi connectivity index (χ0v) is 18.4. The van der Waals surface area contributed by atoms with Crippen LogP contribution in [0.4, 0.5) is 0 Å². The van der Waals surface area contributed by atoms with Crippen molar-refractivity contribution < 1.29 is 9.53 Å². The molecular weight excluding hydrogens is 385 g/mol. The minimum atomic E-state index is 0. The van der Waals surface area contributed by atoms with Crippen molar-refractivity contribution in [2.75, 3.05) is 26.2 Å². The number of nitrogens with one attached hydrogen (secondary N) is 1. The first-order chi connectivity index (χ1) is 12.1. The number of carbonyl (C=O) groups excluding carboxylic acids is 1. The highest BCUT2D eigenvalue weighted by atomic mass is 35.5. The number of hydrogen-bond donors (Lipinski definition) is 1. The van der Waals surface area contributed by atoms with Crippen molar-refractivity contribution in [2.45, 2.75) is 89.1 Å². The van der Waals surface area contributed by atoms with E-state index in [0.717, 1.165) is 32.6 Å². The smallest absolute Gasteiger partial charge is 0.223 e. The van der Waals surface area contributed by atoms with E-state index in [-0.39, 0.29) is 24.8 Å². The molecule has 4 aliphatic rings. The highest BCUT2D eigenvalue weighted by molar-refractivity contribution is 5.85. The fraction of sp³-hybridized carbons (Fsp3) is 0.950. The third-order valence-corrected chi connectivity index (χ3v) is 6.70. The number of likely N-dealkylation sites (tertiary alicyclic amines) is 1. The van der Waals surface area contributed by atoms with Crippen LogP contribution in [0.5, 0.6) is 0 Å². The van der Waals surface area contributed by atoms with Crippen LogP contribution in [0.15, 0.2) is 0 Å². The van der Waals surface area contributed by atoms with Crippen LogP contribution in [-0.4, -0.2) is 72.2 Å². The minimum absolute atomic E-state index is 0. The van der Waals surface area contributed by atoms with Gasteiger partial charge >= 0.3 is 0 Å². The quantitative estimate of drug-likeness (QED) is 0.757. The Bertz CT molecular complexity index is 474. The molecule has 0 spiro atoms. The third-order valence-electron chi connectivity index (χ3n) is 6.70. The summed E-state index contributed by atoms with van der Waals surface area (Å²) in [4.78, 5) is 17.7. The molecule has 0 aliphatic carbocycles. The van der Waals surface area contributed by atoms with E-state index in [0.29, 0.717) is 42.2 Å². The van der Waals surface area contributed by atoms with Crippen molar-refractivity contribution in [2.24, 2.45) is 5.92 Å². The van der Waals surface area contributed by atoms with Gasteiger partial charge in [-0.3, -0.25) is 9.69 Å². The standard InChI is InChI=1S/C20H35N3O2.2ClH/c1-14-11-22(12-15(2)25-14)13-19-4-3-7-23(19)20(24)10-16-8-17-5-6-18(9-16)21-17;;/h14-19,21H,3-13H2,1-2H3;2*1H. The largest absolute Gasteiger partial charge is 0.373 e. The molecule has 27 heavy (non-hydrogen) atoms. The summed E-state index contributed by atoms with van der Waals surface area (Å²) in [6.07, 6.45) is 8.77. The van der Waals surface area contributed by atoms with Crippen LogP contribution >= 0.6 is 24.8 Å². The molecule has 0 saturated carbocycles. The van der Waals surface area contributed by atoms with Gasteiger partial charge in [0.05, 0.1) is 12.2 Å². The lowest BCUT2D eigenvalue weighted by Gasteiger charge is -2.38. The molecule has 158 valence electrons. The molecule has 5 unspecified atom stereocenters. The third kappa shape index (κ3) is 5.72. The van der Waals surface area contributed by atoms with Crippen LogP contribution < -0.4 is 5.32 Å². The van der Waals surface area contributed by atoms with Gasteiger partial charge < -0.3 is 15.0 Å². The summed E-state index contributed by atoms with van der Waals surface area (Å²) in [6, 6.07) is 1.79. The number of fused-ring (bicyclic) bond motifs is 2. The number of halogens is 2. The molecule has 0 aromatic heterocycles. The van der Waals surface area contributed by atoms with Gasteiger partial charge in [-0.1, -0.05) is 0 Å². The number of nitrogens with zero attached hydrogens (tertiary/aromatic N) is 2. The molecule has 0 aromatic rings. The van der Waals surface area contributed by atoms with Crippen LogP contribution in [0.1, 0.15) is 58.8 Å². The fourth-order valence-corrected chi connectivity index (χ4v) is 5.79. The zero-order chi connectivity index (χ0) is 17.4. The summed E-state index contributed by atoms with van der Waals surface area (Å²) < 4.78 is 5.85. The van der Waals surface area contributed by atoms with Gasteiger partial charge in [-0.15, -0.1) is 24.8 Å². The maximum absolute atomic E-state index is 13.0. The van der Waals surface area contributed by atoms with Crippen LogP contribution in [0.2, 0.25) is 0 Å². The molecule has 1 N–H and O–H groups in total. The number of rotatable bonds is 4. The molecule has 4 aliphatic heterocycles. The van der Waals surface area contributed by atoms with Gasteiger partial charge in [0.25, 0.3) is 0 Å². The Kier molecular flexibility index (Phi) is 8.69. The first-order valence-electron chi connectivity index (χ1n) is 10.5. The normalized spacial score (nSPS) is 39.0. The second kappa shape index (κ2) is 10.1. The van der Waals surface area contributed by atoms with Crippen molar-refractivity contribution >= 4 is 30.7 Å². The molecule has 0 aromatic carbocycles. The van der Waals surface area contributed by atoms with Crippen molar-refractivity contribution in [3.8, 4) is 0 Å². The molecule has 7 heteroatoms. The maximum Gasteiger partial charge on any atom is 0.223 e. The van der Waals surface area contributed by atoms with Crippen LogP contribution in [0.25, 0.3) is 0 Å². The summed E-state index contributed by atoms with van der Waals surface area (Å²) >= 11 is 0. The van der Waals surface area contributed by atoms with Crippen LogP contribution in [0, 0.1) is 5.92 Å². The number of ether oxygens (including phenoxy) is 1. The lowest BCUT2D eigenvalue weighted by Crippen LogP contribution is -2.51. The Balaban J connectivity index is 0.00000131. The Morgan fingerprint density at radius 1 is 1.04 bits per heavy atom. The Morgan fingerprint density at radius 3 is 2.30 bits per heavy atom. The number of piperidine rings is 1. The molecule has 0 radical (unpaired) electrons. The molecule has 4 fully saturated rings. The highest BCUT2D eigenvalue weighted by Gasteiger charge is 2.37. The molecule has 4 heterocycles. The van der Waals surface area contributed by atoms with Gasteiger partial charge in [0.2, 0.25) is 5.91 Å². The van der Waals surface area contributed by atoms with Crippen LogP contribution in [0.3, 0.4) is 0 Å². The monoisotopic (exact) mass is 421 g/mol. The highest BCUT2D eigenvalue weighted by Crippen LogP contribution is 2.33. The Hall–Kier alpha value is -0.0700. The van der Waals surface area contributed by atoms with E-state index < -0.39 is 0 Å². The van der Waals surface area contributed by atoms with E-state index in [2.05, 4.69) is 29.0 Å². The summed E-state index contributed by atoms with van der Waals surface area (Å²) in [6.45, 7) is 8.32. The van der Waals surface area contributed by atoms with Crippen LogP contribution in [-0.2, 0) is 9.53 Å². The summed E-state index contributed by atoms with van der Waals surface area (Å²) in [5.41, 5.74) is 0. The van der Waals surface area contributed by atoms with Gasteiger partial charge in [-0.2, -0.15) is 0 Å². The second-order valence-electron chi connectivity index (χ2n) is 9.04. The number of carbonyl (C=O) groups is 1. The lowest BCUT2D eigenvalue weighted by molar-refractivity contribution is -0.134. The molecule has 5 nitrogen and oxygen atoms in total. The second-order valence-corrected chi connectivity index (χ2v) is 9.04. The maximum atomic E-state index is 13.0. The molecule has 2 bridgehead atoms.